The van der Waals surface area contributed by atoms with Crippen molar-refractivity contribution in [1.82, 2.24) is 0 Å². The van der Waals surface area contributed by atoms with Crippen molar-refractivity contribution in [2.45, 2.75) is 76.2 Å². The van der Waals surface area contributed by atoms with E-state index in [9.17, 15) is 5.11 Å². The molecular weight excluding hydrogens is 224 g/mol. The second-order valence-electron chi connectivity index (χ2n) is 4.53. The van der Waals surface area contributed by atoms with Gasteiger partial charge in [0.2, 0.25) is 0 Å². The topological polar surface area (TPSA) is 40.5 Å². The van der Waals surface area contributed by atoms with Gasteiger partial charge < -0.3 is 10.2 Å². The molecule has 0 aromatic rings. The maximum atomic E-state index is 9.24. The fraction of sp³-hybridized carbons (Fsp3) is 1.00. The number of halogens is 1. The molecule has 0 fully saturated rings. The highest BCUT2D eigenvalue weighted by Gasteiger charge is 2.14. The summed E-state index contributed by atoms with van der Waals surface area (Å²) in [6, 6.07) is 0. The van der Waals surface area contributed by atoms with Gasteiger partial charge in [-0.05, 0) is 6.42 Å². The molecular formula is C13H27ClO2. The molecule has 0 aliphatic heterocycles. The number of hydrogen-bond donors (Lipinski definition) is 2. The molecule has 3 heteroatoms. The van der Waals surface area contributed by atoms with Crippen molar-refractivity contribution in [2.75, 3.05) is 6.61 Å². The van der Waals surface area contributed by atoms with Gasteiger partial charge in [-0.15, -0.1) is 11.6 Å². The summed E-state index contributed by atoms with van der Waals surface area (Å²) in [5.41, 5.74) is 0. The molecule has 2 N–H and O–H groups in total. The van der Waals surface area contributed by atoms with Crippen LogP contribution in [-0.4, -0.2) is 28.3 Å². The molecule has 0 aromatic carbocycles. The molecule has 0 rings (SSSR count). The molecule has 0 spiro atoms. The average Bonchev–Trinajstić information content (AvgIpc) is 2.31. The highest BCUT2D eigenvalue weighted by atomic mass is 35.5. The van der Waals surface area contributed by atoms with Gasteiger partial charge in [-0.1, -0.05) is 58.3 Å². The Hall–Kier alpha value is 0.210. The summed E-state index contributed by atoms with van der Waals surface area (Å²) in [5, 5.41) is 17.7. The fourth-order valence-corrected chi connectivity index (χ4v) is 2.01. The molecule has 0 bridgehead atoms. The van der Waals surface area contributed by atoms with Crippen molar-refractivity contribution < 1.29 is 10.2 Å². The number of aliphatic hydroxyl groups excluding tert-OH is 2. The van der Waals surface area contributed by atoms with E-state index < -0.39 is 6.10 Å². The van der Waals surface area contributed by atoms with Crippen molar-refractivity contribution in [3.63, 3.8) is 0 Å². The number of rotatable bonds is 11. The molecule has 0 aliphatic carbocycles. The van der Waals surface area contributed by atoms with Crippen molar-refractivity contribution in [1.29, 1.82) is 0 Å². The van der Waals surface area contributed by atoms with Gasteiger partial charge in [-0.3, -0.25) is 0 Å². The number of alkyl halides is 1. The van der Waals surface area contributed by atoms with E-state index in [1.54, 1.807) is 0 Å². The van der Waals surface area contributed by atoms with Crippen LogP contribution in [0.2, 0.25) is 0 Å². The van der Waals surface area contributed by atoms with Gasteiger partial charge >= 0.3 is 0 Å². The molecule has 0 radical (unpaired) electrons. The average molecular weight is 251 g/mol. The van der Waals surface area contributed by atoms with Crippen LogP contribution in [-0.2, 0) is 0 Å². The second-order valence-corrected chi connectivity index (χ2v) is 5.09. The van der Waals surface area contributed by atoms with Crippen LogP contribution in [0.3, 0.4) is 0 Å². The summed E-state index contributed by atoms with van der Waals surface area (Å²) in [6.07, 6.45) is 10.2. The maximum absolute atomic E-state index is 9.24. The van der Waals surface area contributed by atoms with Crippen LogP contribution < -0.4 is 0 Å². The second kappa shape index (κ2) is 11.7. The molecule has 0 aliphatic rings. The van der Waals surface area contributed by atoms with Gasteiger partial charge in [-0.2, -0.15) is 0 Å². The van der Waals surface area contributed by atoms with E-state index in [2.05, 4.69) is 6.92 Å². The first-order valence-electron chi connectivity index (χ1n) is 6.65. The summed E-state index contributed by atoms with van der Waals surface area (Å²) in [5.74, 6) is 0. The summed E-state index contributed by atoms with van der Waals surface area (Å²) >= 11 is 5.90. The fourth-order valence-electron chi connectivity index (χ4n) is 1.78. The molecule has 0 unspecified atom stereocenters. The van der Waals surface area contributed by atoms with Gasteiger partial charge in [0.1, 0.15) is 0 Å². The zero-order valence-corrected chi connectivity index (χ0v) is 11.3. The highest BCUT2D eigenvalue weighted by Crippen LogP contribution is 2.15. The Kier molecular flexibility index (Phi) is 11.8. The minimum atomic E-state index is -0.758. The quantitative estimate of drug-likeness (QED) is 0.435. The van der Waals surface area contributed by atoms with E-state index in [4.69, 9.17) is 16.7 Å². The minimum Gasteiger partial charge on any atom is -0.394 e. The first-order valence-corrected chi connectivity index (χ1v) is 7.09. The van der Waals surface area contributed by atoms with E-state index in [1.807, 2.05) is 0 Å². The molecule has 0 saturated heterocycles. The van der Waals surface area contributed by atoms with Crippen LogP contribution in [0, 0.1) is 0 Å². The summed E-state index contributed by atoms with van der Waals surface area (Å²) in [6.45, 7) is 2.00. The Morgan fingerprint density at radius 3 is 1.94 bits per heavy atom. The first-order chi connectivity index (χ1) is 7.72. The molecule has 0 aromatic heterocycles. The number of hydrogen-bond acceptors (Lipinski definition) is 2. The lowest BCUT2D eigenvalue weighted by atomic mass is 10.1. The molecule has 0 saturated carbocycles. The first kappa shape index (κ1) is 16.2. The Morgan fingerprint density at radius 2 is 1.44 bits per heavy atom. The van der Waals surface area contributed by atoms with Gasteiger partial charge in [-0.25, -0.2) is 0 Å². The van der Waals surface area contributed by atoms with E-state index in [1.165, 1.54) is 44.9 Å². The van der Waals surface area contributed by atoms with Crippen molar-refractivity contribution in [3.8, 4) is 0 Å². The predicted molar refractivity (Wildman–Crippen MR) is 70.0 cm³/mol. The summed E-state index contributed by atoms with van der Waals surface area (Å²) < 4.78 is 0. The van der Waals surface area contributed by atoms with Crippen LogP contribution in [0.15, 0.2) is 0 Å². The molecule has 0 amide bonds. The van der Waals surface area contributed by atoms with Gasteiger partial charge in [0.25, 0.3) is 0 Å². The van der Waals surface area contributed by atoms with Gasteiger partial charge in [0.05, 0.1) is 18.1 Å². The van der Waals surface area contributed by atoms with Crippen molar-refractivity contribution >= 4 is 11.6 Å². The lowest BCUT2D eigenvalue weighted by Gasteiger charge is -2.13. The smallest absolute Gasteiger partial charge is 0.0933 e. The number of aliphatic hydroxyl groups is 2. The maximum Gasteiger partial charge on any atom is 0.0933 e. The largest absolute Gasteiger partial charge is 0.394 e. The van der Waals surface area contributed by atoms with Crippen LogP contribution >= 0.6 is 11.6 Å². The Labute approximate surface area is 105 Å². The third kappa shape index (κ3) is 9.44. The molecule has 2 nitrogen and oxygen atoms in total. The van der Waals surface area contributed by atoms with Crippen LogP contribution in [0.5, 0.6) is 0 Å². The minimum absolute atomic E-state index is 0.231. The van der Waals surface area contributed by atoms with Gasteiger partial charge in [0.15, 0.2) is 0 Å². The lowest BCUT2D eigenvalue weighted by Crippen LogP contribution is -2.24. The Bertz CT molecular complexity index is 142. The van der Waals surface area contributed by atoms with Crippen LogP contribution in [0.1, 0.15) is 64.7 Å². The summed E-state index contributed by atoms with van der Waals surface area (Å²) in [7, 11) is 0. The molecule has 98 valence electrons. The van der Waals surface area contributed by atoms with Gasteiger partial charge in [0, 0.05) is 0 Å². The third-order valence-electron chi connectivity index (χ3n) is 2.94. The zero-order chi connectivity index (χ0) is 12.2. The predicted octanol–water partition coefficient (Wildman–Crippen LogP) is 3.48. The SMILES string of the molecule is CCCCCCCCCC[C@@H](Cl)[C@@H](O)CO. The van der Waals surface area contributed by atoms with E-state index in [-0.39, 0.29) is 12.0 Å². The van der Waals surface area contributed by atoms with Crippen molar-refractivity contribution in [2.24, 2.45) is 0 Å². The number of unbranched alkanes of at least 4 members (excludes halogenated alkanes) is 7. The molecule has 2 atom stereocenters. The zero-order valence-electron chi connectivity index (χ0n) is 10.5. The van der Waals surface area contributed by atoms with Crippen molar-refractivity contribution in [3.05, 3.63) is 0 Å². The van der Waals surface area contributed by atoms with Crippen LogP contribution in [0.4, 0.5) is 0 Å². The Morgan fingerprint density at radius 1 is 0.938 bits per heavy atom. The van der Waals surface area contributed by atoms with E-state index in [0.717, 1.165) is 12.8 Å². The molecule has 0 heterocycles. The molecule has 16 heavy (non-hydrogen) atoms. The highest BCUT2D eigenvalue weighted by molar-refractivity contribution is 6.21. The normalized spacial score (nSPS) is 15.0. The van der Waals surface area contributed by atoms with E-state index >= 15 is 0 Å². The Balaban J connectivity index is 3.14. The van der Waals surface area contributed by atoms with Crippen LogP contribution in [0.25, 0.3) is 0 Å². The lowest BCUT2D eigenvalue weighted by molar-refractivity contribution is 0.0890. The standard InChI is InChI=1S/C13H27ClO2/c1-2-3-4-5-6-7-8-9-10-12(14)13(16)11-15/h12-13,15-16H,2-11H2,1H3/t12-,13+/m1/s1. The summed E-state index contributed by atoms with van der Waals surface area (Å²) in [4.78, 5) is 0. The monoisotopic (exact) mass is 250 g/mol. The van der Waals surface area contributed by atoms with E-state index in [0.29, 0.717) is 0 Å². The third-order valence-corrected chi connectivity index (χ3v) is 3.45.